The molecular formula is C10H16N2O2S. The monoisotopic (exact) mass is 228 g/mol. The molecule has 3 N–H and O–H groups in total. The Kier molecular flexibility index (Phi) is 3.71. The number of benzene rings is 1. The quantitative estimate of drug-likeness (QED) is 0.747. The Morgan fingerprint density at radius 3 is 2.60 bits per heavy atom. The van der Waals surface area contributed by atoms with Crippen molar-refractivity contribution < 1.29 is 8.42 Å². The van der Waals surface area contributed by atoms with E-state index in [1.165, 1.54) is 0 Å². The molecule has 0 bridgehead atoms. The average Bonchev–Trinajstić information content (AvgIpc) is 2.15. The predicted octanol–water partition coefficient (Wildman–Crippen LogP) is 0.782. The summed E-state index contributed by atoms with van der Waals surface area (Å²) in [6.45, 7) is 3.49. The second-order valence-electron chi connectivity index (χ2n) is 3.42. The molecule has 1 aromatic rings. The smallest absolute Gasteiger partial charge is 0.177 e. The summed E-state index contributed by atoms with van der Waals surface area (Å²) in [5.74, 6) is 0. The molecule has 0 aliphatic carbocycles. The Labute approximate surface area is 90.4 Å². The zero-order chi connectivity index (χ0) is 11.5. The summed E-state index contributed by atoms with van der Waals surface area (Å²) in [7, 11) is -3.23. The third-order valence-electron chi connectivity index (χ3n) is 2.06. The zero-order valence-corrected chi connectivity index (χ0v) is 9.76. The lowest BCUT2D eigenvalue weighted by atomic mass is 10.2. The maximum absolute atomic E-state index is 11.4. The minimum Gasteiger partial charge on any atom is -0.398 e. The first-order chi connectivity index (χ1) is 6.95. The first-order valence-corrected chi connectivity index (χ1v) is 6.63. The van der Waals surface area contributed by atoms with Crippen molar-refractivity contribution in [1.29, 1.82) is 0 Å². The topological polar surface area (TPSA) is 72.2 Å². The van der Waals surface area contributed by atoms with Gasteiger partial charge in [0.25, 0.3) is 0 Å². The van der Waals surface area contributed by atoms with Gasteiger partial charge in [-0.25, -0.2) is 8.42 Å². The van der Waals surface area contributed by atoms with Crippen LogP contribution < -0.4 is 11.1 Å². The van der Waals surface area contributed by atoms with Crippen LogP contribution in [0.4, 0.5) is 5.69 Å². The Bertz CT molecular complexity index is 441. The van der Waals surface area contributed by atoms with Crippen LogP contribution in [0.3, 0.4) is 0 Å². The highest BCUT2D eigenvalue weighted by molar-refractivity contribution is 7.90. The Morgan fingerprint density at radius 1 is 1.40 bits per heavy atom. The number of anilines is 1. The van der Waals surface area contributed by atoms with Crippen LogP contribution in [0.5, 0.6) is 0 Å². The van der Waals surface area contributed by atoms with Crippen LogP contribution in [-0.2, 0) is 16.4 Å². The van der Waals surface area contributed by atoms with Gasteiger partial charge in [-0.1, -0.05) is 13.0 Å². The van der Waals surface area contributed by atoms with Crippen molar-refractivity contribution in [3.05, 3.63) is 23.8 Å². The normalized spacial score (nSPS) is 11.6. The largest absolute Gasteiger partial charge is 0.398 e. The number of hydrogen-bond acceptors (Lipinski definition) is 4. The Morgan fingerprint density at radius 2 is 2.07 bits per heavy atom. The molecule has 0 amide bonds. The fourth-order valence-corrected chi connectivity index (χ4v) is 2.14. The number of hydrogen-bond donors (Lipinski definition) is 2. The minimum atomic E-state index is -3.23. The van der Waals surface area contributed by atoms with Gasteiger partial charge in [0, 0.05) is 12.8 Å². The molecule has 0 saturated heterocycles. The second-order valence-corrected chi connectivity index (χ2v) is 5.41. The lowest BCUT2D eigenvalue weighted by Crippen LogP contribution is -2.12. The van der Waals surface area contributed by atoms with E-state index >= 15 is 0 Å². The van der Waals surface area contributed by atoms with E-state index in [4.69, 9.17) is 5.73 Å². The van der Waals surface area contributed by atoms with Gasteiger partial charge in [-0.05, 0) is 24.2 Å². The molecule has 0 radical (unpaired) electrons. The molecule has 1 aromatic carbocycles. The fourth-order valence-electron chi connectivity index (χ4n) is 1.28. The Hall–Kier alpha value is -1.07. The van der Waals surface area contributed by atoms with Crippen LogP contribution in [0.15, 0.2) is 23.1 Å². The van der Waals surface area contributed by atoms with Gasteiger partial charge in [0.1, 0.15) is 0 Å². The van der Waals surface area contributed by atoms with Gasteiger partial charge in [-0.2, -0.15) is 0 Å². The van der Waals surface area contributed by atoms with Crippen molar-refractivity contribution >= 4 is 15.5 Å². The van der Waals surface area contributed by atoms with Crippen LogP contribution in [0.1, 0.15) is 12.5 Å². The highest BCUT2D eigenvalue weighted by atomic mass is 32.2. The predicted molar refractivity (Wildman–Crippen MR) is 61.3 cm³/mol. The molecule has 15 heavy (non-hydrogen) atoms. The van der Waals surface area contributed by atoms with Crippen molar-refractivity contribution in [2.45, 2.75) is 18.4 Å². The van der Waals surface area contributed by atoms with Crippen LogP contribution >= 0.6 is 0 Å². The second kappa shape index (κ2) is 4.63. The molecule has 4 nitrogen and oxygen atoms in total. The summed E-state index contributed by atoms with van der Waals surface area (Å²) in [5, 5.41) is 3.13. The fraction of sp³-hybridized carbons (Fsp3) is 0.400. The Balaban J connectivity index is 3.06. The molecule has 5 heteroatoms. The number of nitrogen functional groups attached to an aromatic ring is 1. The highest BCUT2D eigenvalue weighted by Gasteiger charge is 2.11. The molecule has 0 aliphatic rings. The minimum absolute atomic E-state index is 0.206. The van der Waals surface area contributed by atoms with E-state index in [-0.39, 0.29) is 4.90 Å². The standard InChI is InChI=1S/C10H16N2O2S/c1-3-12-7-8-4-5-9(11)10(6-8)15(2,13)14/h4-6,12H,3,7,11H2,1-2H3. The van der Waals surface area contributed by atoms with Crippen LogP contribution in [0, 0.1) is 0 Å². The molecule has 1 rings (SSSR count). The van der Waals surface area contributed by atoms with E-state index in [1.807, 2.05) is 13.0 Å². The number of rotatable bonds is 4. The summed E-state index contributed by atoms with van der Waals surface area (Å²) in [4.78, 5) is 0.206. The number of nitrogens with one attached hydrogen (secondary N) is 1. The molecule has 0 saturated carbocycles. The average molecular weight is 228 g/mol. The molecular weight excluding hydrogens is 212 g/mol. The van der Waals surface area contributed by atoms with Crippen LogP contribution in [-0.4, -0.2) is 21.2 Å². The van der Waals surface area contributed by atoms with Crippen molar-refractivity contribution in [1.82, 2.24) is 5.32 Å². The maximum atomic E-state index is 11.4. The summed E-state index contributed by atoms with van der Waals surface area (Å²) in [5.41, 5.74) is 6.83. The number of nitrogens with two attached hydrogens (primary N) is 1. The highest BCUT2D eigenvalue weighted by Crippen LogP contribution is 2.19. The third kappa shape index (κ3) is 3.21. The SMILES string of the molecule is CCNCc1ccc(N)c(S(C)(=O)=O)c1. The van der Waals surface area contributed by atoms with Crippen molar-refractivity contribution in [3.63, 3.8) is 0 Å². The zero-order valence-electron chi connectivity index (χ0n) is 8.95. The van der Waals surface area contributed by atoms with Crippen LogP contribution in [0.25, 0.3) is 0 Å². The first-order valence-electron chi connectivity index (χ1n) is 4.74. The molecule has 84 valence electrons. The lowest BCUT2D eigenvalue weighted by molar-refractivity contribution is 0.602. The summed E-state index contributed by atoms with van der Waals surface area (Å²) < 4.78 is 22.8. The van der Waals surface area contributed by atoms with E-state index in [2.05, 4.69) is 5.32 Å². The van der Waals surface area contributed by atoms with Gasteiger partial charge in [-0.15, -0.1) is 0 Å². The van der Waals surface area contributed by atoms with Crippen molar-refractivity contribution in [2.24, 2.45) is 0 Å². The molecule has 0 aromatic heterocycles. The van der Waals surface area contributed by atoms with E-state index < -0.39 is 9.84 Å². The molecule has 0 aliphatic heterocycles. The summed E-state index contributed by atoms with van der Waals surface area (Å²) in [6, 6.07) is 5.07. The lowest BCUT2D eigenvalue weighted by Gasteiger charge is -2.07. The van der Waals surface area contributed by atoms with E-state index in [0.29, 0.717) is 12.2 Å². The summed E-state index contributed by atoms with van der Waals surface area (Å²) in [6.07, 6.45) is 1.16. The van der Waals surface area contributed by atoms with Gasteiger partial charge in [-0.3, -0.25) is 0 Å². The van der Waals surface area contributed by atoms with Gasteiger partial charge in [0.2, 0.25) is 0 Å². The first kappa shape index (κ1) is 12.0. The molecule has 0 spiro atoms. The van der Waals surface area contributed by atoms with Gasteiger partial charge in [0.15, 0.2) is 9.84 Å². The van der Waals surface area contributed by atoms with E-state index in [1.54, 1.807) is 12.1 Å². The van der Waals surface area contributed by atoms with Crippen molar-refractivity contribution in [2.75, 3.05) is 18.5 Å². The van der Waals surface area contributed by atoms with Gasteiger partial charge < -0.3 is 11.1 Å². The number of sulfone groups is 1. The van der Waals surface area contributed by atoms with Gasteiger partial charge >= 0.3 is 0 Å². The van der Waals surface area contributed by atoms with Gasteiger partial charge in [0.05, 0.1) is 10.6 Å². The molecule has 0 fully saturated rings. The maximum Gasteiger partial charge on any atom is 0.177 e. The third-order valence-corrected chi connectivity index (χ3v) is 3.21. The van der Waals surface area contributed by atoms with Crippen molar-refractivity contribution in [3.8, 4) is 0 Å². The van der Waals surface area contributed by atoms with E-state index in [0.717, 1.165) is 18.4 Å². The van der Waals surface area contributed by atoms with E-state index in [9.17, 15) is 8.42 Å². The van der Waals surface area contributed by atoms with Crippen LogP contribution in [0.2, 0.25) is 0 Å². The molecule has 0 heterocycles. The summed E-state index contributed by atoms with van der Waals surface area (Å²) >= 11 is 0. The molecule has 0 atom stereocenters. The molecule has 0 unspecified atom stereocenters.